The van der Waals surface area contributed by atoms with Crippen LogP contribution in [0.4, 0.5) is 0 Å². The first-order valence-electron chi connectivity index (χ1n) is 3.74. The van der Waals surface area contributed by atoms with Crippen LogP contribution in [-0.4, -0.2) is 16.1 Å². The van der Waals surface area contributed by atoms with Crippen LogP contribution in [0.5, 0.6) is 0 Å². The number of hydrogen-bond acceptors (Lipinski definition) is 3. The fourth-order valence-corrected chi connectivity index (χ4v) is 0.922. The molecule has 13 heavy (non-hydrogen) atoms. The molecule has 0 radical (unpaired) electrons. The van der Waals surface area contributed by atoms with Crippen molar-refractivity contribution in [3.8, 4) is 0 Å². The van der Waals surface area contributed by atoms with E-state index in [1.165, 1.54) is 12.3 Å². The van der Waals surface area contributed by atoms with Gasteiger partial charge in [-0.3, -0.25) is 4.79 Å². The predicted molar refractivity (Wildman–Crippen MR) is 46.6 cm³/mol. The van der Waals surface area contributed by atoms with Crippen molar-refractivity contribution in [1.29, 1.82) is 0 Å². The van der Waals surface area contributed by atoms with Gasteiger partial charge in [-0.25, -0.2) is 4.79 Å². The molecule has 0 spiro atoms. The molecule has 5 nitrogen and oxygen atoms in total. The minimum absolute atomic E-state index is 0.283. The summed E-state index contributed by atoms with van der Waals surface area (Å²) in [6.45, 7) is 1.71. The van der Waals surface area contributed by atoms with E-state index < -0.39 is 11.5 Å². The van der Waals surface area contributed by atoms with Crippen molar-refractivity contribution in [3.05, 3.63) is 33.7 Å². The van der Waals surface area contributed by atoms with Crippen LogP contribution >= 0.6 is 0 Å². The van der Waals surface area contributed by atoms with Gasteiger partial charge in [0.05, 0.1) is 0 Å². The molecular formula is C8H10N2O3. The summed E-state index contributed by atoms with van der Waals surface area (Å²) in [5.41, 5.74) is 5.22. The quantitative estimate of drug-likeness (QED) is 0.604. The maximum absolute atomic E-state index is 11.0. The van der Waals surface area contributed by atoms with E-state index >= 15 is 0 Å². The summed E-state index contributed by atoms with van der Waals surface area (Å²) < 4.78 is 0. The number of aromatic nitrogens is 1. The van der Waals surface area contributed by atoms with Crippen molar-refractivity contribution in [1.82, 2.24) is 4.98 Å². The molecule has 0 unspecified atom stereocenters. The molecule has 0 fully saturated rings. The summed E-state index contributed by atoms with van der Waals surface area (Å²) in [4.78, 5) is 23.8. The van der Waals surface area contributed by atoms with Gasteiger partial charge in [0, 0.05) is 12.2 Å². The Morgan fingerprint density at radius 1 is 1.69 bits per heavy atom. The smallest absolute Gasteiger partial charge is 0.341 e. The van der Waals surface area contributed by atoms with Gasteiger partial charge in [-0.2, -0.15) is 0 Å². The van der Waals surface area contributed by atoms with Crippen molar-refractivity contribution >= 4 is 5.97 Å². The van der Waals surface area contributed by atoms with Gasteiger partial charge in [0.25, 0.3) is 5.56 Å². The molecule has 0 amide bonds. The highest BCUT2D eigenvalue weighted by Gasteiger charge is 2.10. The number of nitrogens with one attached hydrogen (secondary N) is 1. The van der Waals surface area contributed by atoms with Gasteiger partial charge in [-0.1, -0.05) is 0 Å². The van der Waals surface area contributed by atoms with Crippen LogP contribution in [0.1, 0.15) is 28.9 Å². The third-order valence-corrected chi connectivity index (χ3v) is 1.68. The van der Waals surface area contributed by atoms with Gasteiger partial charge in [0.15, 0.2) is 0 Å². The Labute approximate surface area is 74.2 Å². The van der Waals surface area contributed by atoms with Gasteiger partial charge in [-0.15, -0.1) is 0 Å². The largest absolute Gasteiger partial charge is 0.477 e. The van der Waals surface area contributed by atoms with Crippen LogP contribution in [0.3, 0.4) is 0 Å². The Hall–Kier alpha value is -1.62. The van der Waals surface area contributed by atoms with Crippen LogP contribution in [0.15, 0.2) is 17.1 Å². The minimum atomic E-state index is -1.25. The molecule has 0 saturated heterocycles. The number of aromatic amines is 1. The third-order valence-electron chi connectivity index (χ3n) is 1.68. The van der Waals surface area contributed by atoms with Crippen molar-refractivity contribution in [2.45, 2.75) is 13.0 Å². The standard InChI is InChI=1S/C8H10N2O3/c1-4(9)5-2-6(8(12)13)7(11)10-3-5/h2-4H,9H2,1H3,(H,10,11)(H,12,13)/t4-/m1/s1. The minimum Gasteiger partial charge on any atom is -0.477 e. The van der Waals surface area contributed by atoms with E-state index in [-0.39, 0.29) is 11.6 Å². The molecule has 0 saturated carbocycles. The van der Waals surface area contributed by atoms with Gasteiger partial charge in [-0.05, 0) is 18.6 Å². The zero-order chi connectivity index (χ0) is 10.0. The van der Waals surface area contributed by atoms with Crippen LogP contribution in [0, 0.1) is 0 Å². The molecule has 1 aromatic heterocycles. The van der Waals surface area contributed by atoms with E-state index in [1.54, 1.807) is 6.92 Å². The fraction of sp³-hybridized carbons (Fsp3) is 0.250. The summed E-state index contributed by atoms with van der Waals surface area (Å²) in [6.07, 6.45) is 1.42. The zero-order valence-electron chi connectivity index (χ0n) is 7.07. The molecule has 0 bridgehead atoms. The second kappa shape index (κ2) is 3.40. The number of carbonyl (C=O) groups is 1. The molecular weight excluding hydrogens is 172 g/mol. The van der Waals surface area contributed by atoms with E-state index in [0.717, 1.165) is 0 Å². The lowest BCUT2D eigenvalue weighted by Crippen LogP contribution is -2.19. The number of H-pyrrole nitrogens is 1. The van der Waals surface area contributed by atoms with Crippen molar-refractivity contribution in [2.24, 2.45) is 5.73 Å². The average molecular weight is 182 g/mol. The molecule has 70 valence electrons. The Balaban J connectivity index is 3.27. The first kappa shape index (κ1) is 9.47. The van der Waals surface area contributed by atoms with E-state index in [4.69, 9.17) is 10.8 Å². The zero-order valence-corrected chi connectivity index (χ0v) is 7.07. The molecule has 1 rings (SSSR count). The molecule has 1 heterocycles. The average Bonchev–Trinajstić information content (AvgIpc) is 2.04. The number of carboxylic acids is 1. The summed E-state index contributed by atoms with van der Waals surface area (Å²) in [7, 11) is 0. The van der Waals surface area contributed by atoms with Crippen LogP contribution in [-0.2, 0) is 0 Å². The summed E-state index contributed by atoms with van der Waals surface area (Å²) in [5, 5.41) is 8.61. The number of carboxylic acid groups (broad SMARTS) is 1. The lowest BCUT2D eigenvalue weighted by atomic mass is 10.1. The van der Waals surface area contributed by atoms with Crippen LogP contribution in [0.25, 0.3) is 0 Å². The van der Waals surface area contributed by atoms with Gasteiger partial charge in [0.2, 0.25) is 0 Å². The summed E-state index contributed by atoms with van der Waals surface area (Å²) in [5.74, 6) is -1.25. The molecule has 4 N–H and O–H groups in total. The normalized spacial score (nSPS) is 12.5. The predicted octanol–water partition coefficient (Wildman–Crippen LogP) is 0.0928. The van der Waals surface area contributed by atoms with Gasteiger partial charge < -0.3 is 15.8 Å². The van der Waals surface area contributed by atoms with E-state index in [9.17, 15) is 9.59 Å². The molecule has 1 atom stereocenters. The Kier molecular flexibility index (Phi) is 2.48. The summed E-state index contributed by atoms with van der Waals surface area (Å²) >= 11 is 0. The monoisotopic (exact) mass is 182 g/mol. The first-order valence-corrected chi connectivity index (χ1v) is 3.74. The lowest BCUT2D eigenvalue weighted by Gasteiger charge is -2.04. The highest BCUT2D eigenvalue weighted by Crippen LogP contribution is 2.07. The van der Waals surface area contributed by atoms with Gasteiger partial charge in [0.1, 0.15) is 5.56 Å². The van der Waals surface area contributed by atoms with E-state index in [0.29, 0.717) is 5.56 Å². The maximum Gasteiger partial charge on any atom is 0.341 e. The highest BCUT2D eigenvalue weighted by atomic mass is 16.4. The Bertz CT molecular complexity index is 381. The van der Waals surface area contributed by atoms with Crippen molar-refractivity contribution in [2.75, 3.05) is 0 Å². The number of nitrogens with two attached hydrogens (primary N) is 1. The molecule has 1 aromatic rings. The number of pyridine rings is 1. The number of rotatable bonds is 2. The molecule has 0 aromatic carbocycles. The summed E-state index contributed by atoms with van der Waals surface area (Å²) in [6, 6.07) is 0.987. The second-order valence-corrected chi connectivity index (χ2v) is 2.77. The fourth-order valence-electron chi connectivity index (χ4n) is 0.922. The van der Waals surface area contributed by atoms with E-state index in [1.807, 2.05) is 0 Å². The number of aromatic carboxylic acids is 1. The van der Waals surface area contributed by atoms with Crippen LogP contribution < -0.4 is 11.3 Å². The topological polar surface area (TPSA) is 96.2 Å². The molecule has 0 aliphatic rings. The van der Waals surface area contributed by atoms with Crippen molar-refractivity contribution < 1.29 is 9.90 Å². The van der Waals surface area contributed by atoms with Crippen molar-refractivity contribution in [3.63, 3.8) is 0 Å². The molecule has 0 aliphatic heterocycles. The molecule has 5 heteroatoms. The Morgan fingerprint density at radius 3 is 2.77 bits per heavy atom. The third kappa shape index (κ3) is 1.94. The second-order valence-electron chi connectivity index (χ2n) is 2.77. The Morgan fingerprint density at radius 2 is 2.31 bits per heavy atom. The SMILES string of the molecule is C[C@@H](N)c1c[nH]c(=O)c(C(=O)O)c1. The number of hydrogen-bond donors (Lipinski definition) is 3. The first-order chi connectivity index (χ1) is 6.02. The highest BCUT2D eigenvalue weighted by molar-refractivity contribution is 5.87. The van der Waals surface area contributed by atoms with Gasteiger partial charge >= 0.3 is 5.97 Å². The van der Waals surface area contributed by atoms with Crippen LogP contribution in [0.2, 0.25) is 0 Å². The maximum atomic E-state index is 11.0. The lowest BCUT2D eigenvalue weighted by molar-refractivity contribution is 0.0695. The molecule has 0 aliphatic carbocycles. The van der Waals surface area contributed by atoms with E-state index in [2.05, 4.69) is 4.98 Å².